The average Bonchev–Trinajstić information content (AvgIpc) is 2.96. The molecule has 0 unspecified atom stereocenters. The molecule has 5 nitrogen and oxygen atoms in total. The topological polar surface area (TPSA) is 49.9 Å². The molecule has 1 aromatic rings. The average molecular weight is 260 g/mol. The Balaban J connectivity index is 1.92. The molecule has 2 amide bonds. The lowest BCUT2D eigenvalue weighted by molar-refractivity contribution is -0.120. The van der Waals surface area contributed by atoms with Gasteiger partial charge in [0.2, 0.25) is 0 Å². The van der Waals surface area contributed by atoms with Gasteiger partial charge in [-0.05, 0) is 31.0 Å². The summed E-state index contributed by atoms with van der Waals surface area (Å²) in [7, 11) is 1.70. The molecule has 3 rings (SSSR count). The third-order valence-corrected chi connectivity index (χ3v) is 3.69. The van der Waals surface area contributed by atoms with Crippen molar-refractivity contribution in [3.63, 3.8) is 0 Å². The van der Waals surface area contributed by atoms with Gasteiger partial charge in [-0.2, -0.15) is 0 Å². The van der Waals surface area contributed by atoms with Crippen molar-refractivity contribution in [1.29, 1.82) is 0 Å². The smallest absolute Gasteiger partial charge is 0.264 e. The summed E-state index contributed by atoms with van der Waals surface area (Å²) in [6, 6.07) is 5.28. The molecule has 0 spiro atoms. The van der Waals surface area contributed by atoms with E-state index in [0.717, 1.165) is 25.9 Å². The highest BCUT2D eigenvalue weighted by Crippen LogP contribution is 2.32. The molecule has 0 atom stereocenters. The molecule has 2 heterocycles. The van der Waals surface area contributed by atoms with Crippen LogP contribution in [0.5, 0.6) is 5.75 Å². The lowest BCUT2D eigenvalue weighted by atomic mass is 10.1. The number of ether oxygens (including phenoxy) is 1. The number of hydrogen-bond donors (Lipinski definition) is 0. The van der Waals surface area contributed by atoms with Crippen molar-refractivity contribution in [2.45, 2.75) is 12.8 Å². The third kappa shape index (κ3) is 2.05. The Kier molecular flexibility index (Phi) is 2.89. The summed E-state index contributed by atoms with van der Waals surface area (Å²) in [5.41, 5.74) is 1.28. The van der Waals surface area contributed by atoms with Gasteiger partial charge in [-0.25, -0.2) is 0 Å². The predicted octanol–water partition coefficient (Wildman–Crippen LogP) is 1.28. The quantitative estimate of drug-likeness (QED) is 0.764. The third-order valence-electron chi connectivity index (χ3n) is 3.69. The Morgan fingerprint density at radius 3 is 2.74 bits per heavy atom. The van der Waals surface area contributed by atoms with Crippen molar-refractivity contribution in [3.8, 4) is 5.75 Å². The van der Waals surface area contributed by atoms with Gasteiger partial charge in [-0.1, -0.05) is 0 Å². The second-order valence-corrected chi connectivity index (χ2v) is 4.92. The van der Waals surface area contributed by atoms with Crippen LogP contribution in [0.15, 0.2) is 18.2 Å². The molecule has 19 heavy (non-hydrogen) atoms. The minimum absolute atomic E-state index is 0.0340. The van der Waals surface area contributed by atoms with E-state index in [4.69, 9.17) is 4.74 Å². The predicted molar refractivity (Wildman–Crippen MR) is 70.5 cm³/mol. The largest absolute Gasteiger partial charge is 0.482 e. The van der Waals surface area contributed by atoms with E-state index in [1.807, 2.05) is 4.90 Å². The summed E-state index contributed by atoms with van der Waals surface area (Å²) < 4.78 is 5.35. The number of amides is 2. The fourth-order valence-electron chi connectivity index (χ4n) is 2.51. The molecule has 1 fully saturated rings. The molecule has 1 aromatic carbocycles. The molecule has 1 saturated heterocycles. The van der Waals surface area contributed by atoms with Gasteiger partial charge in [-0.15, -0.1) is 0 Å². The number of fused-ring (bicyclic) bond motifs is 1. The van der Waals surface area contributed by atoms with Crippen LogP contribution in [0.3, 0.4) is 0 Å². The first-order valence-electron chi connectivity index (χ1n) is 6.49. The molecule has 0 radical (unpaired) electrons. The van der Waals surface area contributed by atoms with Gasteiger partial charge in [-0.3, -0.25) is 9.59 Å². The van der Waals surface area contributed by atoms with E-state index in [9.17, 15) is 9.59 Å². The number of likely N-dealkylation sites (N-methyl/N-ethyl adjacent to an activating group) is 1. The molecule has 2 aliphatic rings. The van der Waals surface area contributed by atoms with Crippen LogP contribution in [0.4, 0.5) is 5.69 Å². The van der Waals surface area contributed by atoms with Crippen molar-refractivity contribution in [1.82, 2.24) is 4.90 Å². The molecule has 5 heteroatoms. The first kappa shape index (κ1) is 12.0. The first-order valence-corrected chi connectivity index (χ1v) is 6.49. The molecular formula is C14H16N2O3. The minimum Gasteiger partial charge on any atom is -0.482 e. The number of hydrogen-bond acceptors (Lipinski definition) is 3. The maximum absolute atomic E-state index is 12.3. The van der Waals surface area contributed by atoms with Crippen molar-refractivity contribution >= 4 is 17.5 Å². The SMILES string of the molecule is CN1C(=O)COc2ccc(C(=O)N3CCCC3)cc21. The lowest BCUT2D eigenvalue weighted by Gasteiger charge is -2.26. The van der Waals surface area contributed by atoms with Crippen LogP contribution in [0.25, 0.3) is 0 Å². The number of benzene rings is 1. The maximum Gasteiger partial charge on any atom is 0.264 e. The fourth-order valence-corrected chi connectivity index (χ4v) is 2.51. The van der Waals surface area contributed by atoms with Gasteiger partial charge in [0.1, 0.15) is 5.75 Å². The van der Waals surface area contributed by atoms with Crippen molar-refractivity contribution in [2.24, 2.45) is 0 Å². The van der Waals surface area contributed by atoms with Crippen LogP contribution in [0, 0.1) is 0 Å². The number of anilines is 1. The van der Waals surface area contributed by atoms with Crippen LogP contribution < -0.4 is 9.64 Å². The van der Waals surface area contributed by atoms with Gasteiger partial charge < -0.3 is 14.5 Å². The molecule has 2 aliphatic heterocycles. The number of rotatable bonds is 1. The van der Waals surface area contributed by atoms with Gasteiger partial charge in [0.25, 0.3) is 11.8 Å². The van der Waals surface area contributed by atoms with Crippen molar-refractivity contribution in [3.05, 3.63) is 23.8 Å². The number of likely N-dealkylation sites (tertiary alicyclic amines) is 1. The molecule has 0 saturated carbocycles. The second kappa shape index (κ2) is 4.57. The lowest BCUT2D eigenvalue weighted by Crippen LogP contribution is -2.36. The van der Waals surface area contributed by atoms with E-state index in [0.29, 0.717) is 17.0 Å². The summed E-state index contributed by atoms with van der Waals surface area (Å²) in [6.07, 6.45) is 2.14. The standard InChI is InChI=1S/C14H16N2O3/c1-15-11-8-10(14(18)16-6-2-3-7-16)4-5-12(11)19-9-13(15)17/h4-5,8H,2-3,6-7,9H2,1H3. The maximum atomic E-state index is 12.3. The number of carbonyl (C=O) groups excluding carboxylic acids is 2. The Morgan fingerprint density at radius 2 is 2.00 bits per heavy atom. The zero-order chi connectivity index (χ0) is 13.4. The number of nitrogens with zero attached hydrogens (tertiary/aromatic N) is 2. The van der Waals surface area contributed by atoms with Crippen LogP contribution in [0.2, 0.25) is 0 Å². The number of carbonyl (C=O) groups is 2. The molecular weight excluding hydrogens is 244 g/mol. The summed E-state index contributed by atoms with van der Waals surface area (Å²) >= 11 is 0. The Bertz CT molecular complexity index is 535. The molecule has 100 valence electrons. The van der Waals surface area contributed by atoms with Gasteiger partial charge in [0.15, 0.2) is 6.61 Å². The normalized spacial score (nSPS) is 18.3. The Hall–Kier alpha value is -2.04. The van der Waals surface area contributed by atoms with Crippen LogP contribution >= 0.6 is 0 Å². The summed E-state index contributed by atoms with van der Waals surface area (Å²) in [5, 5.41) is 0. The monoisotopic (exact) mass is 260 g/mol. The van der Waals surface area contributed by atoms with E-state index in [-0.39, 0.29) is 18.4 Å². The van der Waals surface area contributed by atoms with E-state index >= 15 is 0 Å². The summed E-state index contributed by atoms with van der Waals surface area (Å²) in [6.45, 7) is 1.70. The van der Waals surface area contributed by atoms with Crippen LogP contribution in [-0.4, -0.2) is 43.5 Å². The van der Waals surface area contributed by atoms with Crippen LogP contribution in [-0.2, 0) is 4.79 Å². The minimum atomic E-state index is -0.0988. The first-order chi connectivity index (χ1) is 9.16. The van der Waals surface area contributed by atoms with E-state index in [1.54, 1.807) is 30.1 Å². The molecule has 0 bridgehead atoms. The van der Waals surface area contributed by atoms with E-state index in [1.165, 1.54) is 0 Å². The Morgan fingerprint density at radius 1 is 1.26 bits per heavy atom. The van der Waals surface area contributed by atoms with E-state index in [2.05, 4.69) is 0 Å². The van der Waals surface area contributed by atoms with E-state index < -0.39 is 0 Å². The fraction of sp³-hybridized carbons (Fsp3) is 0.429. The highest BCUT2D eigenvalue weighted by molar-refractivity contribution is 6.01. The highest BCUT2D eigenvalue weighted by atomic mass is 16.5. The molecule has 0 aromatic heterocycles. The summed E-state index contributed by atoms with van der Waals surface area (Å²) in [5.74, 6) is 0.588. The molecule has 0 aliphatic carbocycles. The zero-order valence-electron chi connectivity index (χ0n) is 10.9. The second-order valence-electron chi connectivity index (χ2n) is 4.92. The summed E-state index contributed by atoms with van der Waals surface area (Å²) in [4.78, 5) is 27.3. The van der Waals surface area contributed by atoms with Crippen molar-refractivity contribution < 1.29 is 14.3 Å². The van der Waals surface area contributed by atoms with Gasteiger partial charge >= 0.3 is 0 Å². The van der Waals surface area contributed by atoms with Crippen LogP contribution in [0.1, 0.15) is 23.2 Å². The van der Waals surface area contributed by atoms with Crippen molar-refractivity contribution in [2.75, 3.05) is 31.6 Å². The van der Waals surface area contributed by atoms with Gasteiger partial charge in [0.05, 0.1) is 5.69 Å². The Labute approximate surface area is 111 Å². The highest BCUT2D eigenvalue weighted by Gasteiger charge is 2.25. The zero-order valence-corrected chi connectivity index (χ0v) is 10.9. The van der Waals surface area contributed by atoms with Gasteiger partial charge in [0, 0.05) is 25.7 Å². The molecule has 0 N–H and O–H groups in total.